The summed E-state index contributed by atoms with van der Waals surface area (Å²) in [7, 11) is 4.22. The van der Waals surface area contributed by atoms with Crippen molar-refractivity contribution in [3.8, 4) is 0 Å². The molecule has 2 bridgehead atoms. The van der Waals surface area contributed by atoms with Crippen molar-refractivity contribution >= 4 is 11.7 Å². The van der Waals surface area contributed by atoms with Crippen LogP contribution in [-0.2, 0) is 9.53 Å². The molecule has 4 atom stereocenters. The van der Waals surface area contributed by atoms with Crippen molar-refractivity contribution in [3.05, 3.63) is 35.9 Å². The average Bonchev–Trinajstić information content (AvgIpc) is 3.31. The van der Waals surface area contributed by atoms with Crippen LogP contribution in [0.5, 0.6) is 0 Å². The lowest BCUT2D eigenvalue weighted by atomic mass is 9.73. The summed E-state index contributed by atoms with van der Waals surface area (Å²) in [4.78, 5) is 29.2. The van der Waals surface area contributed by atoms with Crippen molar-refractivity contribution in [3.63, 3.8) is 0 Å². The van der Waals surface area contributed by atoms with Gasteiger partial charge in [-0.05, 0) is 33.4 Å². The molecule has 3 saturated heterocycles. The van der Waals surface area contributed by atoms with Gasteiger partial charge < -0.3 is 14.5 Å². The zero-order chi connectivity index (χ0) is 19.0. The Morgan fingerprint density at radius 2 is 2.00 bits per heavy atom. The minimum absolute atomic E-state index is 0.0964. The lowest BCUT2D eigenvalue weighted by Gasteiger charge is -2.30. The first-order chi connectivity index (χ1) is 13.0. The Morgan fingerprint density at radius 1 is 1.22 bits per heavy atom. The number of likely N-dealkylation sites (tertiary alicyclic amines) is 1. The number of hydrogen-bond acceptors (Lipinski definition) is 4. The van der Waals surface area contributed by atoms with Gasteiger partial charge in [-0.3, -0.25) is 9.59 Å². The number of nitrogens with zero attached hydrogens (tertiary/aromatic N) is 2. The van der Waals surface area contributed by atoms with Gasteiger partial charge in [-0.1, -0.05) is 30.3 Å². The van der Waals surface area contributed by atoms with Crippen molar-refractivity contribution in [2.45, 2.75) is 43.8 Å². The summed E-state index contributed by atoms with van der Waals surface area (Å²) in [5.41, 5.74) is 0.636. The van der Waals surface area contributed by atoms with Gasteiger partial charge in [0.2, 0.25) is 5.91 Å². The largest absolute Gasteiger partial charge is 0.369 e. The summed E-state index contributed by atoms with van der Waals surface area (Å²) in [6.45, 7) is 2.59. The maximum Gasteiger partial charge on any atom is 0.222 e. The van der Waals surface area contributed by atoms with Crippen molar-refractivity contribution in [1.29, 1.82) is 0 Å². The predicted octanol–water partition coefficient (Wildman–Crippen LogP) is 2.61. The molecule has 3 fully saturated rings. The number of carbonyl (C=O) groups excluding carboxylic acids is 2. The average molecular weight is 370 g/mol. The topological polar surface area (TPSA) is 49.9 Å². The summed E-state index contributed by atoms with van der Waals surface area (Å²) in [6, 6.07) is 9.33. The van der Waals surface area contributed by atoms with Crippen LogP contribution >= 0.6 is 0 Å². The highest BCUT2D eigenvalue weighted by Crippen LogP contribution is 2.54. The van der Waals surface area contributed by atoms with E-state index in [0.717, 1.165) is 38.0 Å². The minimum atomic E-state index is -0.0964. The number of rotatable bonds is 7. The van der Waals surface area contributed by atoms with E-state index in [0.29, 0.717) is 37.2 Å². The van der Waals surface area contributed by atoms with Crippen molar-refractivity contribution in [1.82, 2.24) is 9.80 Å². The van der Waals surface area contributed by atoms with Crippen molar-refractivity contribution in [2.75, 3.05) is 33.7 Å². The summed E-state index contributed by atoms with van der Waals surface area (Å²) in [5.74, 6) is 1.29. The number of Topliss-reactive ketones (excluding diaryl/α,β-unsaturated/α-hetero) is 1. The molecule has 5 nitrogen and oxygen atoms in total. The van der Waals surface area contributed by atoms with Crippen molar-refractivity contribution in [2.24, 2.45) is 11.8 Å². The third kappa shape index (κ3) is 3.55. The fraction of sp³-hybridized carbons (Fsp3) is 0.636. The Labute approximate surface area is 161 Å². The highest BCUT2D eigenvalue weighted by Gasteiger charge is 2.63. The van der Waals surface area contributed by atoms with E-state index in [4.69, 9.17) is 4.74 Å². The highest BCUT2D eigenvalue weighted by molar-refractivity contribution is 5.96. The van der Waals surface area contributed by atoms with E-state index in [2.05, 4.69) is 19.0 Å². The second-order valence-electron chi connectivity index (χ2n) is 8.71. The van der Waals surface area contributed by atoms with Gasteiger partial charge in [-0.15, -0.1) is 0 Å². The molecule has 1 spiro atoms. The maximum absolute atomic E-state index is 12.7. The molecule has 1 aromatic rings. The zero-order valence-electron chi connectivity index (χ0n) is 16.4. The van der Waals surface area contributed by atoms with Crippen LogP contribution in [0.15, 0.2) is 30.3 Å². The quantitative estimate of drug-likeness (QED) is 0.693. The van der Waals surface area contributed by atoms with Crippen LogP contribution in [0.4, 0.5) is 0 Å². The van der Waals surface area contributed by atoms with Crippen LogP contribution in [0, 0.1) is 11.8 Å². The van der Waals surface area contributed by atoms with E-state index < -0.39 is 0 Å². The molecule has 0 radical (unpaired) electrons. The smallest absolute Gasteiger partial charge is 0.222 e. The second kappa shape index (κ2) is 7.36. The number of ether oxygens (including phenoxy) is 1. The van der Waals surface area contributed by atoms with Crippen LogP contribution in [0.2, 0.25) is 0 Å². The SMILES string of the molecule is CN(C)C[C@H]1[C@H]2CN(C(=O)CCCC(=O)c3ccccc3)C[C@]23CC[C@H]1O3. The Kier molecular flexibility index (Phi) is 5.08. The molecule has 5 heteroatoms. The van der Waals surface area contributed by atoms with Gasteiger partial charge in [0.1, 0.15) is 0 Å². The lowest BCUT2D eigenvalue weighted by molar-refractivity contribution is -0.131. The Morgan fingerprint density at radius 3 is 2.74 bits per heavy atom. The normalized spacial score (nSPS) is 31.5. The molecule has 3 aliphatic rings. The van der Waals surface area contributed by atoms with E-state index in [-0.39, 0.29) is 17.3 Å². The molecule has 0 unspecified atom stereocenters. The molecule has 1 aromatic carbocycles. The standard InChI is InChI=1S/C22H30N2O3/c1-23(2)13-17-18-14-24(15-22(18)12-11-20(17)27-22)21(26)10-6-9-19(25)16-7-4-3-5-8-16/h3-5,7-8,17-18,20H,6,9-15H2,1-2H3/t17-,18+,20+,22+/m0/s1. The van der Waals surface area contributed by atoms with Gasteiger partial charge >= 0.3 is 0 Å². The summed E-state index contributed by atoms with van der Waals surface area (Å²) < 4.78 is 6.40. The molecule has 3 aliphatic heterocycles. The Hall–Kier alpha value is -1.72. The third-order valence-electron chi connectivity index (χ3n) is 6.60. The number of ketones is 1. The molecular weight excluding hydrogens is 340 g/mol. The Balaban J connectivity index is 1.30. The summed E-state index contributed by atoms with van der Waals surface area (Å²) in [6.07, 6.45) is 4.08. The van der Waals surface area contributed by atoms with Gasteiger partial charge in [0.25, 0.3) is 0 Å². The molecule has 27 heavy (non-hydrogen) atoms. The number of fused-ring (bicyclic) bond motifs is 1. The first-order valence-corrected chi connectivity index (χ1v) is 10.2. The van der Waals surface area contributed by atoms with E-state index in [1.54, 1.807) is 0 Å². The lowest BCUT2D eigenvalue weighted by Crippen LogP contribution is -2.40. The first-order valence-electron chi connectivity index (χ1n) is 10.2. The van der Waals surface area contributed by atoms with Crippen LogP contribution in [0.1, 0.15) is 42.5 Å². The molecule has 3 heterocycles. The van der Waals surface area contributed by atoms with Crippen LogP contribution in [0.3, 0.4) is 0 Å². The first kappa shape index (κ1) is 18.6. The third-order valence-corrected chi connectivity index (χ3v) is 6.60. The Bertz CT molecular complexity index is 705. The fourth-order valence-electron chi connectivity index (χ4n) is 5.37. The molecule has 0 saturated carbocycles. The molecule has 146 valence electrons. The number of benzene rings is 1. The molecule has 1 amide bonds. The van der Waals surface area contributed by atoms with E-state index in [9.17, 15) is 9.59 Å². The maximum atomic E-state index is 12.7. The van der Waals surface area contributed by atoms with E-state index in [1.165, 1.54) is 0 Å². The van der Waals surface area contributed by atoms with Crippen LogP contribution in [-0.4, -0.2) is 66.9 Å². The molecule has 0 N–H and O–H groups in total. The number of hydrogen-bond donors (Lipinski definition) is 0. The van der Waals surface area contributed by atoms with Gasteiger partial charge in [0.15, 0.2) is 5.78 Å². The number of amides is 1. The van der Waals surface area contributed by atoms with Gasteiger partial charge in [0, 0.05) is 43.3 Å². The van der Waals surface area contributed by atoms with Crippen LogP contribution in [0.25, 0.3) is 0 Å². The molecular formula is C22H30N2O3. The monoisotopic (exact) mass is 370 g/mol. The van der Waals surface area contributed by atoms with E-state index >= 15 is 0 Å². The zero-order valence-corrected chi connectivity index (χ0v) is 16.4. The summed E-state index contributed by atoms with van der Waals surface area (Å²) >= 11 is 0. The predicted molar refractivity (Wildman–Crippen MR) is 104 cm³/mol. The van der Waals surface area contributed by atoms with Gasteiger partial charge in [-0.2, -0.15) is 0 Å². The fourth-order valence-corrected chi connectivity index (χ4v) is 5.37. The second-order valence-corrected chi connectivity index (χ2v) is 8.71. The van der Waals surface area contributed by atoms with Gasteiger partial charge in [-0.25, -0.2) is 0 Å². The minimum Gasteiger partial charge on any atom is -0.369 e. The van der Waals surface area contributed by atoms with Crippen LogP contribution < -0.4 is 0 Å². The number of carbonyl (C=O) groups is 2. The highest BCUT2D eigenvalue weighted by atomic mass is 16.5. The molecule has 4 rings (SSSR count). The molecule has 0 aromatic heterocycles. The molecule has 0 aliphatic carbocycles. The van der Waals surface area contributed by atoms with Crippen molar-refractivity contribution < 1.29 is 14.3 Å². The van der Waals surface area contributed by atoms with E-state index in [1.807, 2.05) is 35.2 Å². The summed E-state index contributed by atoms with van der Waals surface area (Å²) in [5, 5.41) is 0. The van der Waals surface area contributed by atoms with Gasteiger partial charge in [0.05, 0.1) is 18.2 Å².